The van der Waals surface area contributed by atoms with Crippen LogP contribution in [-0.4, -0.2) is 67.7 Å². The van der Waals surface area contributed by atoms with Gasteiger partial charge in [-0.25, -0.2) is 0 Å². The first-order valence-corrected chi connectivity index (χ1v) is 9.87. The number of nitrogens with two attached hydrogens (primary N) is 1. The van der Waals surface area contributed by atoms with Crippen molar-refractivity contribution < 1.29 is 9.53 Å². The predicted molar refractivity (Wildman–Crippen MR) is 94.2 cm³/mol. The Labute approximate surface area is 139 Å². The average molecular weight is 332 g/mol. The van der Waals surface area contributed by atoms with E-state index >= 15 is 0 Å². The molecule has 0 saturated carbocycles. The summed E-state index contributed by atoms with van der Waals surface area (Å²) < 4.78 is 5.45. The Balaban J connectivity index is 2.54. The largest absolute Gasteiger partial charge is 0.379 e. The Hall–Kier alpha value is -0.300. The Kier molecular flexibility index (Phi) is 10.1. The van der Waals surface area contributed by atoms with E-state index in [1.165, 1.54) is 0 Å². The zero-order valence-corrected chi connectivity index (χ0v) is 15.2. The Morgan fingerprint density at radius 2 is 1.95 bits per heavy atom. The lowest BCUT2D eigenvalue weighted by Gasteiger charge is -2.39. The fraction of sp³-hybridized carbons (Fsp3) is 0.938. The number of hydrogen-bond donors (Lipinski definition) is 2. The third-order valence-electron chi connectivity index (χ3n) is 4.56. The van der Waals surface area contributed by atoms with Gasteiger partial charge in [0.05, 0.1) is 19.3 Å². The summed E-state index contributed by atoms with van der Waals surface area (Å²) in [6.07, 6.45) is 5.03. The quantitative estimate of drug-likeness (QED) is 0.632. The molecule has 1 amide bonds. The standard InChI is InChI=1S/C16H33N3O2S/c1-4-13(5-2)15(19-7-9-21-10-8-19)12-18-16(20)14(17)6-11-22-3/h13-15H,4-12,17H2,1-3H3,(H,18,20). The molecule has 130 valence electrons. The van der Waals surface area contributed by atoms with E-state index in [-0.39, 0.29) is 11.9 Å². The summed E-state index contributed by atoms with van der Waals surface area (Å²) in [6.45, 7) is 8.64. The maximum atomic E-state index is 12.1. The summed E-state index contributed by atoms with van der Waals surface area (Å²) >= 11 is 1.72. The van der Waals surface area contributed by atoms with Gasteiger partial charge in [0.15, 0.2) is 0 Å². The lowest BCUT2D eigenvalue weighted by Crippen LogP contribution is -2.53. The van der Waals surface area contributed by atoms with Crippen molar-refractivity contribution >= 4 is 17.7 Å². The van der Waals surface area contributed by atoms with Gasteiger partial charge in [0, 0.05) is 25.7 Å². The van der Waals surface area contributed by atoms with Gasteiger partial charge >= 0.3 is 0 Å². The first-order chi connectivity index (χ1) is 10.6. The van der Waals surface area contributed by atoms with E-state index in [1.807, 2.05) is 6.26 Å². The third kappa shape index (κ3) is 6.44. The van der Waals surface area contributed by atoms with Crippen molar-refractivity contribution in [3.63, 3.8) is 0 Å². The van der Waals surface area contributed by atoms with E-state index in [4.69, 9.17) is 10.5 Å². The molecule has 0 aliphatic carbocycles. The molecular weight excluding hydrogens is 298 g/mol. The molecule has 22 heavy (non-hydrogen) atoms. The van der Waals surface area contributed by atoms with Crippen LogP contribution in [0.5, 0.6) is 0 Å². The van der Waals surface area contributed by atoms with E-state index in [0.29, 0.717) is 18.5 Å². The Morgan fingerprint density at radius 1 is 1.32 bits per heavy atom. The van der Waals surface area contributed by atoms with Crippen LogP contribution < -0.4 is 11.1 Å². The molecule has 0 radical (unpaired) electrons. The van der Waals surface area contributed by atoms with Crippen molar-refractivity contribution in [2.24, 2.45) is 11.7 Å². The number of ether oxygens (including phenoxy) is 1. The molecule has 2 unspecified atom stereocenters. The molecule has 2 atom stereocenters. The molecule has 5 nitrogen and oxygen atoms in total. The maximum absolute atomic E-state index is 12.1. The molecule has 6 heteroatoms. The minimum Gasteiger partial charge on any atom is -0.379 e. The summed E-state index contributed by atoms with van der Waals surface area (Å²) in [5.74, 6) is 1.51. The van der Waals surface area contributed by atoms with Gasteiger partial charge in [-0.2, -0.15) is 11.8 Å². The molecule has 3 N–H and O–H groups in total. The summed E-state index contributed by atoms with van der Waals surface area (Å²) in [7, 11) is 0. The van der Waals surface area contributed by atoms with Crippen molar-refractivity contribution in [2.75, 3.05) is 44.9 Å². The van der Waals surface area contributed by atoms with Crippen molar-refractivity contribution in [2.45, 2.75) is 45.2 Å². The van der Waals surface area contributed by atoms with Crippen molar-refractivity contribution in [1.82, 2.24) is 10.2 Å². The molecule has 0 bridgehead atoms. The molecule has 0 spiro atoms. The van der Waals surface area contributed by atoms with Gasteiger partial charge in [-0.05, 0) is 24.3 Å². The van der Waals surface area contributed by atoms with Gasteiger partial charge in [0.2, 0.25) is 5.91 Å². The van der Waals surface area contributed by atoms with E-state index < -0.39 is 0 Å². The molecule has 0 aromatic heterocycles. The van der Waals surface area contributed by atoms with E-state index in [2.05, 4.69) is 24.1 Å². The fourth-order valence-corrected chi connectivity index (χ4v) is 3.54. The summed E-state index contributed by atoms with van der Waals surface area (Å²) in [6, 6.07) is -0.00454. The van der Waals surface area contributed by atoms with Crippen LogP contribution in [0.4, 0.5) is 0 Å². The first kappa shape index (κ1) is 19.7. The van der Waals surface area contributed by atoms with Crippen LogP contribution in [0.15, 0.2) is 0 Å². The van der Waals surface area contributed by atoms with Crippen molar-refractivity contribution in [3.8, 4) is 0 Å². The molecular formula is C16H33N3O2S. The molecule has 1 heterocycles. The zero-order chi connectivity index (χ0) is 16.4. The van der Waals surface area contributed by atoms with Crippen molar-refractivity contribution in [1.29, 1.82) is 0 Å². The summed E-state index contributed by atoms with van der Waals surface area (Å²) in [4.78, 5) is 14.6. The third-order valence-corrected chi connectivity index (χ3v) is 5.21. The van der Waals surface area contributed by atoms with Gasteiger partial charge in [-0.15, -0.1) is 0 Å². The minimum absolute atomic E-state index is 0.0155. The number of nitrogens with zero attached hydrogens (tertiary/aromatic N) is 1. The topological polar surface area (TPSA) is 67.6 Å². The number of hydrogen-bond acceptors (Lipinski definition) is 5. The van der Waals surface area contributed by atoms with Crippen LogP contribution in [0, 0.1) is 5.92 Å². The predicted octanol–water partition coefficient (Wildman–Crippen LogP) is 1.32. The second-order valence-electron chi connectivity index (χ2n) is 5.93. The van der Waals surface area contributed by atoms with Gasteiger partial charge in [0.1, 0.15) is 0 Å². The SMILES string of the molecule is CCC(CC)C(CNC(=O)C(N)CCSC)N1CCOCC1. The normalized spacial score (nSPS) is 19.1. The number of rotatable bonds is 10. The zero-order valence-electron chi connectivity index (χ0n) is 14.3. The second kappa shape index (κ2) is 11.3. The molecule has 1 fully saturated rings. The van der Waals surface area contributed by atoms with Gasteiger partial charge in [-0.3, -0.25) is 9.69 Å². The second-order valence-corrected chi connectivity index (χ2v) is 6.91. The Morgan fingerprint density at radius 3 is 2.50 bits per heavy atom. The molecule has 1 rings (SSSR count). The number of thioether (sulfide) groups is 1. The van der Waals surface area contributed by atoms with Crippen LogP contribution in [0.25, 0.3) is 0 Å². The lowest BCUT2D eigenvalue weighted by atomic mass is 9.92. The monoisotopic (exact) mass is 331 g/mol. The molecule has 0 aromatic carbocycles. The number of carbonyl (C=O) groups excluding carboxylic acids is 1. The highest BCUT2D eigenvalue weighted by atomic mass is 32.2. The molecule has 1 saturated heterocycles. The van der Waals surface area contributed by atoms with Gasteiger partial charge < -0.3 is 15.8 Å². The highest BCUT2D eigenvalue weighted by Crippen LogP contribution is 2.19. The van der Waals surface area contributed by atoms with E-state index in [0.717, 1.165) is 51.3 Å². The van der Waals surface area contributed by atoms with Crippen LogP contribution in [0.3, 0.4) is 0 Å². The first-order valence-electron chi connectivity index (χ1n) is 8.48. The van der Waals surface area contributed by atoms with E-state index in [1.54, 1.807) is 11.8 Å². The van der Waals surface area contributed by atoms with Gasteiger partial charge in [-0.1, -0.05) is 26.7 Å². The van der Waals surface area contributed by atoms with Crippen molar-refractivity contribution in [3.05, 3.63) is 0 Å². The highest BCUT2D eigenvalue weighted by molar-refractivity contribution is 7.98. The Bertz CT molecular complexity index is 308. The maximum Gasteiger partial charge on any atom is 0.237 e. The van der Waals surface area contributed by atoms with Gasteiger partial charge in [0.25, 0.3) is 0 Å². The number of carbonyl (C=O) groups is 1. The smallest absolute Gasteiger partial charge is 0.237 e. The van der Waals surface area contributed by atoms with E-state index in [9.17, 15) is 4.79 Å². The summed E-state index contributed by atoms with van der Waals surface area (Å²) in [5, 5.41) is 3.08. The fourth-order valence-electron chi connectivity index (χ4n) is 3.05. The summed E-state index contributed by atoms with van der Waals surface area (Å²) in [5.41, 5.74) is 5.95. The molecule has 1 aliphatic rings. The average Bonchev–Trinajstić information content (AvgIpc) is 2.56. The number of amides is 1. The molecule has 1 aliphatic heterocycles. The number of morpholine rings is 1. The lowest BCUT2D eigenvalue weighted by molar-refractivity contribution is -0.122. The van der Waals surface area contributed by atoms with Crippen LogP contribution >= 0.6 is 11.8 Å². The van der Waals surface area contributed by atoms with Crippen LogP contribution in [0.2, 0.25) is 0 Å². The minimum atomic E-state index is -0.389. The number of nitrogens with one attached hydrogen (secondary N) is 1. The van der Waals surface area contributed by atoms with Crippen LogP contribution in [-0.2, 0) is 9.53 Å². The molecule has 0 aromatic rings. The van der Waals surface area contributed by atoms with Crippen LogP contribution in [0.1, 0.15) is 33.1 Å². The highest BCUT2D eigenvalue weighted by Gasteiger charge is 2.27.